The Morgan fingerprint density at radius 2 is 1.90 bits per heavy atom. The fraction of sp³-hybridized carbons (Fsp3) is 0.364. The number of amides is 1. The molecule has 1 aliphatic heterocycles. The van der Waals surface area contributed by atoms with Gasteiger partial charge in [-0.2, -0.15) is 8.42 Å². The number of rotatable bonds is 3. The maximum Gasteiger partial charge on any atom is 0.302 e. The van der Waals surface area contributed by atoms with E-state index in [9.17, 15) is 17.1 Å². The number of hydrogen-bond acceptors (Lipinski definition) is 4. The normalized spacial score (nSPS) is 19.6. The molecular weight excluding hydrogens is 330 g/mol. The quantitative estimate of drug-likeness (QED) is 0.675. The molecule has 1 heterocycles. The Hall–Kier alpha value is -1.05. The van der Waals surface area contributed by atoms with Crippen LogP contribution >= 0.6 is 23.2 Å². The van der Waals surface area contributed by atoms with Gasteiger partial charge in [0.2, 0.25) is 5.91 Å². The Labute approximate surface area is 125 Å². The molecule has 1 saturated heterocycles. The fourth-order valence-corrected chi connectivity index (χ4v) is 3.41. The monoisotopic (exact) mass is 340 g/mol. The third-order valence-corrected chi connectivity index (χ3v) is 4.51. The summed E-state index contributed by atoms with van der Waals surface area (Å²) in [6, 6.07) is 2.93. The highest BCUT2D eigenvalue weighted by atomic mass is 35.5. The zero-order chi connectivity index (χ0) is 15.1. The third-order valence-electron chi connectivity index (χ3n) is 3.02. The summed E-state index contributed by atoms with van der Waals surface area (Å²) >= 11 is 11.8. The van der Waals surface area contributed by atoms with Crippen molar-refractivity contribution in [2.45, 2.75) is 6.42 Å². The first-order valence-corrected chi connectivity index (χ1v) is 7.95. The average Bonchev–Trinajstić information content (AvgIpc) is 2.63. The average molecular weight is 341 g/mol. The van der Waals surface area contributed by atoms with Crippen LogP contribution in [0.3, 0.4) is 0 Å². The van der Waals surface area contributed by atoms with Crippen molar-refractivity contribution in [1.82, 2.24) is 0 Å². The smallest absolute Gasteiger partial charge is 0.302 e. The zero-order valence-corrected chi connectivity index (χ0v) is 12.5. The van der Waals surface area contributed by atoms with E-state index in [1.54, 1.807) is 0 Å². The number of benzene rings is 1. The van der Waals surface area contributed by atoms with Gasteiger partial charge in [-0.15, -0.1) is 3.89 Å². The standard InChI is InChI=1S/C11H11Cl2FN2O3S/c12-8-2-7(3-9(13)11(8)15)16-4-6(1-10(16)17)5-20(14,18)19/h2-3,6H,1,4-5,15H2. The SMILES string of the molecule is Nc1c(Cl)cc(N2CC(CS(=O)(=O)F)CC2=O)cc1Cl. The van der Waals surface area contributed by atoms with Crippen molar-refractivity contribution in [3.05, 3.63) is 22.2 Å². The number of nitrogen functional groups attached to an aromatic ring is 1. The second kappa shape index (κ2) is 5.38. The van der Waals surface area contributed by atoms with E-state index in [0.717, 1.165) is 0 Å². The molecule has 0 aliphatic carbocycles. The van der Waals surface area contributed by atoms with Gasteiger partial charge in [0, 0.05) is 24.6 Å². The van der Waals surface area contributed by atoms with Crippen molar-refractivity contribution >= 4 is 50.7 Å². The van der Waals surface area contributed by atoms with Crippen LogP contribution in [-0.4, -0.2) is 26.6 Å². The molecular formula is C11H11Cl2FN2O3S. The number of nitrogens with zero attached hydrogens (tertiary/aromatic N) is 1. The molecule has 1 amide bonds. The van der Waals surface area contributed by atoms with Crippen LogP contribution in [0.15, 0.2) is 12.1 Å². The first-order chi connectivity index (χ1) is 9.17. The van der Waals surface area contributed by atoms with Crippen LogP contribution in [0.1, 0.15) is 6.42 Å². The van der Waals surface area contributed by atoms with Crippen LogP contribution in [0.25, 0.3) is 0 Å². The Bertz CT molecular complexity index is 643. The summed E-state index contributed by atoms with van der Waals surface area (Å²) in [5.74, 6) is -1.57. The molecule has 9 heteroatoms. The van der Waals surface area contributed by atoms with Crippen molar-refractivity contribution < 1.29 is 17.1 Å². The molecule has 1 aromatic rings. The van der Waals surface area contributed by atoms with E-state index in [1.165, 1.54) is 17.0 Å². The molecule has 20 heavy (non-hydrogen) atoms. The lowest BCUT2D eigenvalue weighted by Crippen LogP contribution is -2.25. The number of nitrogens with two attached hydrogens (primary N) is 1. The van der Waals surface area contributed by atoms with E-state index in [2.05, 4.69) is 0 Å². The molecule has 1 fully saturated rings. The Morgan fingerprint density at radius 3 is 2.40 bits per heavy atom. The molecule has 0 aromatic heterocycles. The van der Waals surface area contributed by atoms with Crippen molar-refractivity contribution in [3.63, 3.8) is 0 Å². The van der Waals surface area contributed by atoms with Gasteiger partial charge < -0.3 is 10.6 Å². The molecule has 2 rings (SSSR count). The number of halogens is 3. The molecule has 2 N–H and O–H groups in total. The van der Waals surface area contributed by atoms with Crippen LogP contribution in [0.4, 0.5) is 15.3 Å². The van der Waals surface area contributed by atoms with Crippen molar-refractivity contribution in [1.29, 1.82) is 0 Å². The van der Waals surface area contributed by atoms with Gasteiger partial charge in [0.15, 0.2) is 0 Å². The van der Waals surface area contributed by atoms with E-state index in [4.69, 9.17) is 28.9 Å². The molecule has 1 aromatic carbocycles. The molecule has 1 atom stereocenters. The summed E-state index contributed by atoms with van der Waals surface area (Å²) in [5, 5.41) is 0.392. The molecule has 0 radical (unpaired) electrons. The molecule has 5 nitrogen and oxygen atoms in total. The van der Waals surface area contributed by atoms with E-state index in [0.29, 0.717) is 5.69 Å². The number of anilines is 2. The van der Waals surface area contributed by atoms with Crippen molar-refractivity contribution in [3.8, 4) is 0 Å². The van der Waals surface area contributed by atoms with Crippen LogP contribution in [0.5, 0.6) is 0 Å². The minimum atomic E-state index is -4.61. The summed E-state index contributed by atoms with van der Waals surface area (Å²) in [6.07, 6.45) is -0.0389. The maximum atomic E-state index is 12.7. The van der Waals surface area contributed by atoms with Gasteiger partial charge in [0.1, 0.15) is 0 Å². The predicted octanol–water partition coefficient (Wildman–Crippen LogP) is 2.23. The first-order valence-electron chi connectivity index (χ1n) is 5.64. The van der Waals surface area contributed by atoms with Crippen molar-refractivity contribution in [2.75, 3.05) is 22.9 Å². The summed E-state index contributed by atoms with van der Waals surface area (Å²) in [7, 11) is -4.61. The van der Waals surface area contributed by atoms with Crippen LogP contribution in [0, 0.1) is 5.92 Å². The largest absolute Gasteiger partial charge is 0.396 e. The third kappa shape index (κ3) is 3.34. The van der Waals surface area contributed by atoms with Gasteiger partial charge in [-0.3, -0.25) is 4.79 Å². The molecule has 0 spiro atoms. The highest BCUT2D eigenvalue weighted by Crippen LogP contribution is 2.35. The minimum Gasteiger partial charge on any atom is -0.396 e. The Balaban J connectivity index is 2.24. The highest BCUT2D eigenvalue weighted by molar-refractivity contribution is 7.86. The van der Waals surface area contributed by atoms with Gasteiger partial charge in [-0.1, -0.05) is 23.2 Å². The van der Waals surface area contributed by atoms with Gasteiger partial charge >= 0.3 is 10.2 Å². The molecule has 110 valence electrons. The second-order valence-corrected chi connectivity index (χ2v) is 6.83. The summed E-state index contributed by atoms with van der Waals surface area (Å²) in [5.41, 5.74) is 6.21. The maximum absolute atomic E-state index is 12.7. The number of carbonyl (C=O) groups excluding carboxylic acids is 1. The van der Waals surface area contributed by atoms with E-state index < -0.39 is 21.9 Å². The predicted molar refractivity (Wildman–Crippen MR) is 76.2 cm³/mol. The molecule has 0 saturated carbocycles. The second-order valence-electron chi connectivity index (χ2n) is 4.60. The fourth-order valence-electron chi connectivity index (χ4n) is 2.15. The van der Waals surface area contributed by atoms with Crippen LogP contribution in [-0.2, 0) is 15.0 Å². The summed E-state index contributed by atoms with van der Waals surface area (Å²) < 4.78 is 33.9. The zero-order valence-electron chi connectivity index (χ0n) is 10.1. The summed E-state index contributed by atoms with van der Waals surface area (Å²) in [4.78, 5) is 13.2. The number of carbonyl (C=O) groups is 1. The van der Waals surface area contributed by atoms with E-state index >= 15 is 0 Å². The lowest BCUT2D eigenvalue weighted by Gasteiger charge is -2.18. The topological polar surface area (TPSA) is 80.5 Å². The summed E-state index contributed by atoms with van der Waals surface area (Å²) in [6.45, 7) is 0.0958. The molecule has 1 aliphatic rings. The molecule has 0 bridgehead atoms. The lowest BCUT2D eigenvalue weighted by atomic mass is 10.1. The molecule has 1 unspecified atom stereocenters. The van der Waals surface area contributed by atoms with E-state index in [-0.39, 0.29) is 34.6 Å². The van der Waals surface area contributed by atoms with Gasteiger partial charge in [0.25, 0.3) is 0 Å². The first kappa shape index (κ1) is 15.3. The Kier molecular flexibility index (Phi) is 4.13. The van der Waals surface area contributed by atoms with E-state index in [1.807, 2.05) is 0 Å². The van der Waals surface area contributed by atoms with Gasteiger partial charge in [-0.05, 0) is 12.1 Å². The lowest BCUT2D eigenvalue weighted by molar-refractivity contribution is -0.117. The minimum absolute atomic E-state index is 0.0389. The van der Waals surface area contributed by atoms with Gasteiger partial charge in [-0.25, -0.2) is 0 Å². The van der Waals surface area contributed by atoms with Crippen molar-refractivity contribution in [2.24, 2.45) is 5.92 Å². The van der Waals surface area contributed by atoms with Crippen LogP contribution < -0.4 is 10.6 Å². The van der Waals surface area contributed by atoms with Crippen LogP contribution in [0.2, 0.25) is 10.0 Å². The van der Waals surface area contributed by atoms with Gasteiger partial charge in [0.05, 0.1) is 21.5 Å². The highest BCUT2D eigenvalue weighted by Gasteiger charge is 2.34. The Morgan fingerprint density at radius 1 is 1.35 bits per heavy atom. The number of hydrogen-bond donors (Lipinski definition) is 1.